The van der Waals surface area contributed by atoms with E-state index in [-0.39, 0.29) is 0 Å². The number of hydrogen-bond donors (Lipinski definition) is 2. The number of fused-ring (bicyclic) bond motifs is 1. The van der Waals surface area contributed by atoms with E-state index in [2.05, 4.69) is 10.3 Å². The number of alkyl halides is 3. The third-order valence-corrected chi connectivity index (χ3v) is 3.52. The Morgan fingerprint density at radius 1 is 1.04 bits per heavy atom. The van der Waals surface area contributed by atoms with Crippen LogP contribution in [0, 0.1) is 0 Å². The van der Waals surface area contributed by atoms with Gasteiger partial charge >= 0.3 is 6.18 Å². The van der Waals surface area contributed by atoms with E-state index < -0.39 is 17.6 Å². The average molecular weight is 331 g/mol. The monoisotopic (exact) mass is 331 g/mol. The van der Waals surface area contributed by atoms with E-state index in [4.69, 9.17) is 5.73 Å². The first kappa shape index (κ1) is 15.8. The zero-order chi connectivity index (χ0) is 17.3. The summed E-state index contributed by atoms with van der Waals surface area (Å²) in [5.74, 6) is -0.550. The molecule has 4 nitrogen and oxygen atoms in total. The molecule has 0 saturated heterocycles. The Balaban J connectivity index is 2.00. The molecule has 3 aromatic rings. The summed E-state index contributed by atoms with van der Waals surface area (Å²) in [5, 5.41) is 3.39. The minimum atomic E-state index is -4.43. The Morgan fingerprint density at radius 2 is 1.75 bits per heavy atom. The normalized spacial score (nSPS) is 11.5. The first-order chi connectivity index (χ1) is 11.3. The van der Waals surface area contributed by atoms with Gasteiger partial charge in [0, 0.05) is 28.5 Å². The van der Waals surface area contributed by atoms with Crippen molar-refractivity contribution < 1.29 is 18.0 Å². The van der Waals surface area contributed by atoms with Crippen molar-refractivity contribution in [1.82, 2.24) is 4.98 Å². The van der Waals surface area contributed by atoms with Crippen molar-refractivity contribution in [1.29, 1.82) is 0 Å². The molecule has 0 atom stereocenters. The summed E-state index contributed by atoms with van der Waals surface area (Å²) in [6, 6.07) is 11.3. The fourth-order valence-corrected chi connectivity index (χ4v) is 2.30. The highest BCUT2D eigenvalue weighted by molar-refractivity contribution is 5.95. The number of halogens is 3. The highest BCUT2D eigenvalue weighted by atomic mass is 19.4. The molecule has 1 heterocycles. The van der Waals surface area contributed by atoms with Crippen LogP contribution >= 0.6 is 0 Å². The van der Waals surface area contributed by atoms with E-state index in [9.17, 15) is 18.0 Å². The number of anilines is 2. The van der Waals surface area contributed by atoms with Crippen molar-refractivity contribution in [2.24, 2.45) is 5.73 Å². The number of primary amides is 1. The Bertz CT molecular complexity index is 905. The number of nitrogens with two attached hydrogens (primary N) is 1. The molecule has 0 radical (unpaired) electrons. The molecule has 0 saturated carbocycles. The molecule has 3 rings (SSSR count). The smallest absolute Gasteiger partial charge is 0.366 e. The van der Waals surface area contributed by atoms with Crippen LogP contribution < -0.4 is 11.1 Å². The van der Waals surface area contributed by atoms with Gasteiger partial charge in [0.25, 0.3) is 0 Å². The lowest BCUT2D eigenvalue weighted by molar-refractivity contribution is -0.137. The Morgan fingerprint density at radius 3 is 2.38 bits per heavy atom. The summed E-state index contributed by atoms with van der Waals surface area (Å²) < 4.78 is 38.7. The molecule has 24 heavy (non-hydrogen) atoms. The van der Waals surface area contributed by atoms with Crippen LogP contribution in [0.1, 0.15) is 15.9 Å². The van der Waals surface area contributed by atoms with Crippen molar-refractivity contribution in [3.8, 4) is 0 Å². The van der Waals surface area contributed by atoms with Gasteiger partial charge in [0.1, 0.15) is 0 Å². The van der Waals surface area contributed by atoms with Gasteiger partial charge in [-0.05, 0) is 48.5 Å². The topological polar surface area (TPSA) is 68.0 Å². The maximum absolute atomic E-state index is 12.9. The van der Waals surface area contributed by atoms with Crippen molar-refractivity contribution in [2.45, 2.75) is 6.18 Å². The maximum atomic E-state index is 12.9. The highest BCUT2D eigenvalue weighted by Gasteiger charge is 2.30. The second-order valence-corrected chi connectivity index (χ2v) is 5.15. The molecule has 0 bridgehead atoms. The predicted octanol–water partition coefficient (Wildman–Crippen LogP) is 4.10. The zero-order valence-electron chi connectivity index (χ0n) is 12.3. The van der Waals surface area contributed by atoms with Crippen LogP contribution in [-0.4, -0.2) is 10.9 Å². The molecule has 7 heteroatoms. The number of nitrogens with one attached hydrogen (secondary N) is 1. The summed E-state index contributed by atoms with van der Waals surface area (Å²) in [7, 11) is 0. The Kier molecular flexibility index (Phi) is 3.84. The maximum Gasteiger partial charge on any atom is 0.416 e. The fourth-order valence-electron chi connectivity index (χ4n) is 2.30. The van der Waals surface area contributed by atoms with Crippen molar-refractivity contribution in [3.05, 3.63) is 65.9 Å². The minimum absolute atomic E-state index is 0.347. The average Bonchev–Trinajstić information content (AvgIpc) is 2.54. The summed E-state index contributed by atoms with van der Waals surface area (Å²) >= 11 is 0. The molecule has 122 valence electrons. The van der Waals surface area contributed by atoms with Crippen LogP contribution in [-0.2, 0) is 6.18 Å². The van der Waals surface area contributed by atoms with Gasteiger partial charge in [-0.3, -0.25) is 9.78 Å². The van der Waals surface area contributed by atoms with E-state index >= 15 is 0 Å². The van der Waals surface area contributed by atoms with Gasteiger partial charge in [-0.2, -0.15) is 13.2 Å². The van der Waals surface area contributed by atoms with Gasteiger partial charge in [-0.25, -0.2) is 0 Å². The molecule has 1 amide bonds. The molecule has 0 aliphatic heterocycles. The van der Waals surface area contributed by atoms with Gasteiger partial charge in [-0.15, -0.1) is 0 Å². The van der Waals surface area contributed by atoms with Gasteiger partial charge < -0.3 is 11.1 Å². The van der Waals surface area contributed by atoms with Crippen molar-refractivity contribution in [2.75, 3.05) is 5.32 Å². The number of rotatable bonds is 3. The van der Waals surface area contributed by atoms with E-state index in [1.165, 1.54) is 24.4 Å². The van der Waals surface area contributed by atoms with Gasteiger partial charge in [0.15, 0.2) is 0 Å². The van der Waals surface area contributed by atoms with Crippen LogP contribution in [0.5, 0.6) is 0 Å². The lowest BCUT2D eigenvalue weighted by Gasteiger charge is -2.12. The fraction of sp³-hybridized carbons (Fsp3) is 0.0588. The molecule has 0 aliphatic carbocycles. The number of nitrogens with zero attached hydrogens (tertiary/aromatic N) is 1. The largest absolute Gasteiger partial charge is 0.416 e. The number of hydrogen-bond acceptors (Lipinski definition) is 3. The second-order valence-electron chi connectivity index (χ2n) is 5.15. The summed E-state index contributed by atoms with van der Waals surface area (Å²) in [6.45, 7) is 0. The molecular weight excluding hydrogens is 319 g/mol. The summed E-state index contributed by atoms with van der Waals surface area (Å²) in [4.78, 5) is 15.1. The minimum Gasteiger partial charge on any atom is -0.366 e. The molecule has 0 fully saturated rings. The zero-order valence-corrected chi connectivity index (χ0v) is 12.3. The van der Waals surface area contributed by atoms with Crippen LogP contribution in [0.3, 0.4) is 0 Å². The van der Waals surface area contributed by atoms with Gasteiger partial charge in [0.2, 0.25) is 5.91 Å². The lowest BCUT2D eigenvalue weighted by Crippen LogP contribution is -2.10. The quantitative estimate of drug-likeness (QED) is 0.759. The first-order valence-electron chi connectivity index (χ1n) is 6.97. The first-order valence-corrected chi connectivity index (χ1v) is 6.97. The van der Waals surface area contributed by atoms with Crippen LogP contribution in [0.2, 0.25) is 0 Å². The van der Waals surface area contributed by atoms with Crippen LogP contribution in [0.25, 0.3) is 10.9 Å². The van der Waals surface area contributed by atoms with Gasteiger partial charge in [0.05, 0.1) is 11.1 Å². The molecule has 3 N–H and O–H groups in total. The van der Waals surface area contributed by atoms with E-state index in [0.29, 0.717) is 27.8 Å². The predicted molar refractivity (Wildman–Crippen MR) is 85.0 cm³/mol. The molecule has 0 unspecified atom stereocenters. The molecule has 0 spiro atoms. The number of carbonyl (C=O) groups is 1. The summed E-state index contributed by atoms with van der Waals surface area (Å²) in [5.41, 5.74) is 6.33. The standard InChI is InChI=1S/C17H12F3N3O/c18-17(19,20)11-3-6-14-13(9-11)15(7-8-22-14)23-12-4-1-10(2-5-12)16(21)24/h1-9H,(H2,21,24)(H,22,23). The van der Waals surface area contributed by atoms with Crippen molar-refractivity contribution in [3.63, 3.8) is 0 Å². The number of amides is 1. The number of aromatic nitrogens is 1. The van der Waals surface area contributed by atoms with Crippen LogP contribution in [0.4, 0.5) is 24.5 Å². The Labute approximate surface area is 135 Å². The van der Waals surface area contributed by atoms with E-state index in [1.807, 2.05) is 0 Å². The molecule has 0 aliphatic rings. The highest BCUT2D eigenvalue weighted by Crippen LogP contribution is 2.33. The second kappa shape index (κ2) is 5.84. The van der Waals surface area contributed by atoms with Gasteiger partial charge in [-0.1, -0.05) is 0 Å². The third-order valence-electron chi connectivity index (χ3n) is 3.52. The summed E-state index contributed by atoms with van der Waals surface area (Å²) in [6.07, 6.45) is -2.92. The molecule has 1 aromatic heterocycles. The van der Waals surface area contributed by atoms with E-state index in [1.54, 1.807) is 18.2 Å². The molecular formula is C17H12F3N3O. The number of pyridine rings is 1. The Hall–Kier alpha value is -3.09. The third kappa shape index (κ3) is 3.15. The number of benzene rings is 2. The van der Waals surface area contributed by atoms with E-state index in [0.717, 1.165) is 12.1 Å². The SMILES string of the molecule is NC(=O)c1ccc(Nc2ccnc3ccc(C(F)(F)F)cc23)cc1. The molecule has 2 aromatic carbocycles. The van der Waals surface area contributed by atoms with Crippen LogP contribution in [0.15, 0.2) is 54.7 Å². The number of carbonyl (C=O) groups excluding carboxylic acids is 1. The lowest BCUT2D eigenvalue weighted by atomic mass is 10.1. The van der Waals surface area contributed by atoms with Crippen molar-refractivity contribution >= 4 is 28.2 Å².